The lowest BCUT2D eigenvalue weighted by Crippen LogP contribution is -2.00. The van der Waals surface area contributed by atoms with Gasteiger partial charge >= 0.3 is 0 Å². The monoisotopic (exact) mass is 260 g/mol. The second kappa shape index (κ2) is 4.42. The number of para-hydroxylation sites is 2. The standard InChI is InChI=1S/C16H12N4/c1-2-6-12(7-3-1)10-14-16-19-17-11-20(16)15-9-5-4-8-13(15)18-14/h1-9,11H,10H2. The lowest BCUT2D eigenvalue weighted by atomic mass is 10.1. The van der Waals surface area contributed by atoms with Gasteiger partial charge in [0.05, 0.1) is 16.7 Å². The maximum absolute atomic E-state index is 4.75. The number of fused-ring (bicyclic) bond motifs is 3. The van der Waals surface area contributed by atoms with Crippen LogP contribution in [0, 0.1) is 0 Å². The van der Waals surface area contributed by atoms with Crippen LogP contribution in [0.25, 0.3) is 16.7 Å². The van der Waals surface area contributed by atoms with Gasteiger partial charge in [-0.15, -0.1) is 10.2 Å². The number of aromatic nitrogens is 4. The number of hydrogen-bond acceptors (Lipinski definition) is 3. The van der Waals surface area contributed by atoms with Gasteiger partial charge in [-0.3, -0.25) is 4.40 Å². The summed E-state index contributed by atoms with van der Waals surface area (Å²) in [5.74, 6) is 0. The summed E-state index contributed by atoms with van der Waals surface area (Å²) in [5, 5.41) is 8.24. The highest BCUT2D eigenvalue weighted by molar-refractivity contribution is 5.78. The minimum absolute atomic E-state index is 0.758. The van der Waals surface area contributed by atoms with E-state index in [1.807, 2.05) is 46.9 Å². The average molecular weight is 260 g/mol. The van der Waals surface area contributed by atoms with Gasteiger partial charge in [0.15, 0.2) is 5.65 Å². The summed E-state index contributed by atoms with van der Waals surface area (Å²) in [5.41, 5.74) is 5.00. The van der Waals surface area contributed by atoms with Crippen molar-refractivity contribution in [2.24, 2.45) is 0 Å². The lowest BCUT2D eigenvalue weighted by molar-refractivity contribution is 1.05. The number of nitrogens with zero attached hydrogens (tertiary/aromatic N) is 4. The van der Waals surface area contributed by atoms with Crippen molar-refractivity contribution >= 4 is 16.7 Å². The summed E-state index contributed by atoms with van der Waals surface area (Å²) >= 11 is 0. The lowest BCUT2D eigenvalue weighted by Gasteiger charge is -2.06. The van der Waals surface area contributed by atoms with Crippen LogP contribution in [0.15, 0.2) is 60.9 Å². The molecular formula is C16H12N4. The topological polar surface area (TPSA) is 43.1 Å². The molecule has 4 rings (SSSR count). The van der Waals surface area contributed by atoms with Crippen LogP contribution < -0.4 is 0 Å². The van der Waals surface area contributed by atoms with Gasteiger partial charge in [0.2, 0.25) is 0 Å². The second-order valence-electron chi connectivity index (χ2n) is 4.73. The second-order valence-corrected chi connectivity index (χ2v) is 4.73. The minimum Gasteiger partial charge on any atom is -0.278 e. The fourth-order valence-corrected chi connectivity index (χ4v) is 2.47. The molecule has 20 heavy (non-hydrogen) atoms. The third-order valence-corrected chi connectivity index (χ3v) is 3.42. The highest BCUT2D eigenvalue weighted by Gasteiger charge is 2.10. The highest BCUT2D eigenvalue weighted by Crippen LogP contribution is 2.18. The van der Waals surface area contributed by atoms with Crippen LogP contribution in [0.5, 0.6) is 0 Å². The SMILES string of the molecule is c1ccc(Cc2nc3ccccc3n3cnnc23)cc1. The molecule has 0 aliphatic heterocycles. The van der Waals surface area contributed by atoms with Crippen molar-refractivity contribution in [1.82, 2.24) is 19.6 Å². The molecule has 0 fully saturated rings. The first kappa shape index (κ1) is 11.1. The fourth-order valence-electron chi connectivity index (χ4n) is 2.47. The maximum Gasteiger partial charge on any atom is 0.183 e. The molecule has 0 aliphatic carbocycles. The molecule has 0 bridgehead atoms. The molecule has 0 radical (unpaired) electrons. The normalized spacial score (nSPS) is 11.2. The zero-order chi connectivity index (χ0) is 13.4. The molecule has 0 saturated carbocycles. The van der Waals surface area contributed by atoms with E-state index < -0.39 is 0 Å². The van der Waals surface area contributed by atoms with E-state index in [1.165, 1.54) is 5.56 Å². The van der Waals surface area contributed by atoms with Crippen molar-refractivity contribution in [1.29, 1.82) is 0 Å². The zero-order valence-corrected chi connectivity index (χ0v) is 10.8. The van der Waals surface area contributed by atoms with Crippen LogP contribution in [0.4, 0.5) is 0 Å². The third kappa shape index (κ3) is 1.73. The highest BCUT2D eigenvalue weighted by atomic mass is 15.2. The molecular weight excluding hydrogens is 248 g/mol. The van der Waals surface area contributed by atoms with E-state index in [0.717, 1.165) is 28.8 Å². The molecule has 0 amide bonds. The Morgan fingerprint density at radius 1 is 0.900 bits per heavy atom. The summed E-state index contributed by atoms with van der Waals surface area (Å²) < 4.78 is 2.00. The Kier molecular flexibility index (Phi) is 2.45. The molecule has 2 heterocycles. The van der Waals surface area contributed by atoms with Gasteiger partial charge in [-0.25, -0.2) is 4.98 Å². The number of rotatable bonds is 2. The summed E-state index contributed by atoms with van der Waals surface area (Å²) in [6, 6.07) is 18.3. The summed E-state index contributed by atoms with van der Waals surface area (Å²) in [6.45, 7) is 0. The molecule has 4 aromatic rings. The first-order valence-corrected chi connectivity index (χ1v) is 6.53. The van der Waals surface area contributed by atoms with E-state index >= 15 is 0 Å². The smallest absolute Gasteiger partial charge is 0.183 e. The molecule has 0 atom stereocenters. The molecule has 0 N–H and O–H groups in total. The summed E-state index contributed by atoms with van der Waals surface area (Å²) in [7, 11) is 0. The minimum atomic E-state index is 0.758. The van der Waals surface area contributed by atoms with Crippen molar-refractivity contribution in [3.63, 3.8) is 0 Å². The van der Waals surface area contributed by atoms with Crippen molar-refractivity contribution < 1.29 is 0 Å². The van der Waals surface area contributed by atoms with Crippen LogP contribution in [0.1, 0.15) is 11.3 Å². The Labute approximate surface area is 115 Å². The first-order valence-electron chi connectivity index (χ1n) is 6.53. The summed E-state index contributed by atoms with van der Waals surface area (Å²) in [4.78, 5) is 4.75. The van der Waals surface area contributed by atoms with Crippen molar-refractivity contribution in [2.45, 2.75) is 6.42 Å². The molecule has 0 unspecified atom stereocenters. The van der Waals surface area contributed by atoms with Crippen LogP contribution >= 0.6 is 0 Å². The Morgan fingerprint density at radius 2 is 1.70 bits per heavy atom. The molecule has 2 aromatic carbocycles. The van der Waals surface area contributed by atoms with Gasteiger partial charge in [-0.1, -0.05) is 42.5 Å². The zero-order valence-electron chi connectivity index (χ0n) is 10.8. The van der Waals surface area contributed by atoms with E-state index in [9.17, 15) is 0 Å². The van der Waals surface area contributed by atoms with Gasteiger partial charge in [0.1, 0.15) is 6.33 Å². The Morgan fingerprint density at radius 3 is 2.60 bits per heavy atom. The molecule has 4 heteroatoms. The predicted molar refractivity (Wildman–Crippen MR) is 77.5 cm³/mol. The Balaban J connectivity index is 1.95. The number of hydrogen-bond donors (Lipinski definition) is 0. The quantitative estimate of drug-likeness (QED) is 0.556. The van der Waals surface area contributed by atoms with Crippen LogP contribution in [-0.4, -0.2) is 19.6 Å². The van der Waals surface area contributed by atoms with E-state index in [2.05, 4.69) is 22.3 Å². The Hall–Kier alpha value is -2.75. The van der Waals surface area contributed by atoms with E-state index in [4.69, 9.17) is 4.98 Å². The van der Waals surface area contributed by atoms with E-state index in [0.29, 0.717) is 0 Å². The summed E-state index contributed by atoms with van der Waals surface area (Å²) in [6.07, 6.45) is 2.50. The number of benzene rings is 2. The molecule has 0 aliphatic rings. The third-order valence-electron chi connectivity index (χ3n) is 3.42. The van der Waals surface area contributed by atoms with E-state index in [-0.39, 0.29) is 0 Å². The van der Waals surface area contributed by atoms with Crippen LogP contribution in [0.3, 0.4) is 0 Å². The van der Waals surface area contributed by atoms with Gasteiger partial charge < -0.3 is 0 Å². The Bertz CT molecular complexity index is 881. The predicted octanol–water partition coefficient (Wildman–Crippen LogP) is 2.87. The molecule has 4 nitrogen and oxygen atoms in total. The fraction of sp³-hybridized carbons (Fsp3) is 0.0625. The van der Waals surface area contributed by atoms with Crippen molar-refractivity contribution in [3.8, 4) is 0 Å². The van der Waals surface area contributed by atoms with Crippen LogP contribution in [-0.2, 0) is 6.42 Å². The molecule has 0 spiro atoms. The maximum atomic E-state index is 4.75. The van der Waals surface area contributed by atoms with Crippen molar-refractivity contribution in [2.75, 3.05) is 0 Å². The van der Waals surface area contributed by atoms with Crippen LogP contribution in [0.2, 0.25) is 0 Å². The first-order chi connectivity index (χ1) is 9.92. The van der Waals surface area contributed by atoms with Crippen molar-refractivity contribution in [3.05, 3.63) is 72.2 Å². The van der Waals surface area contributed by atoms with Gasteiger partial charge in [-0.05, 0) is 17.7 Å². The average Bonchev–Trinajstić information content (AvgIpc) is 2.98. The van der Waals surface area contributed by atoms with Gasteiger partial charge in [0.25, 0.3) is 0 Å². The molecule has 2 aromatic heterocycles. The molecule has 0 saturated heterocycles. The largest absolute Gasteiger partial charge is 0.278 e. The van der Waals surface area contributed by atoms with Gasteiger partial charge in [-0.2, -0.15) is 0 Å². The van der Waals surface area contributed by atoms with E-state index in [1.54, 1.807) is 6.33 Å². The van der Waals surface area contributed by atoms with Gasteiger partial charge in [0, 0.05) is 6.42 Å². The molecule has 96 valence electrons.